The van der Waals surface area contributed by atoms with E-state index in [9.17, 15) is 14.3 Å². The summed E-state index contributed by atoms with van der Waals surface area (Å²) in [5.74, 6) is -0.652. The minimum atomic E-state index is -0.675. The first kappa shape index (κ1) is 19.9. The molecule has 2 aromatic carbocycles. The maximum absolute atomic E-state index is 13.6. The monoisotopic (exact) mass is 410 g/mol. The summed E-state index contributed by atoms with van der Waals surface area (Å²) in [4.78, 5) is 12.9. The maximum atomic E-state index is 13.6. The number of hydrogen-bond donors (Lipinski definition) is 1. The van der Waals surface area contributed by atoms with E-state index >= 15 is 0 Å². The average molecular weight is 411 g/mol. The summed E-state index contributed by atoms with van der Waals surface area (Å²) >= 11 is 1.77. The molecule has 0 bridgehead atoms. The van der Waals surface area contributed by atoms with Crippen LogP contribution in [0.5, 0.6) is 0 Å². The number of aliphatic hydroxyl groups is 1. The molecule has 3 nitrogen and oxygen atoms in total. The number of rotatable bonds is 3. The van der Waals surface area contributed by atoms with E-state index in [1.54, 1.807) is 23.9 Å². The molecule has 0 aliphatic carbocycles. The molecule has 1 N–H and O–H groups in total. The Labute approximate surface area is 174 Å². The number of halogens is 1. The van der Waals surface area contributed by atoms with Gasteiger partial charge in [-0.25, -0.2) is 4.39 Å². The van der Waals surface area contributed by atoms with Crippen molar-refractivity contribution in [3.8, 4) is 0 Å². The van der Waals surface area contributed by atoms with Gasteiger partial charge >= 0.3 is 5.97 Å². The van der Waals surface area contributed by atoms with Gasteiger partial charge in [0.05, 0.1) is 12.5 Å². The Morgan fingerprint density at radius 2 is 1.90 bits per heavy atom. The van der Waals surface area contributed by atoms with Gasteiger partial charge in [-0.3, -0.25) is 4.79 Å². The van der Waals surface area contributed by atoms with Crippen LogP contribution in [0.1, 0.15) is 37.8 Å². The summed E-state index contributed by atoms with van der Waals surface area (Å²) in [5, 5.41) is 9.89. The molecule has 2 aromatic rings. The molecule has 150 valence electrons. The summed E-state index contributed by atoms with van der Waals surface area (Å²) in [7, 11) is 0. The van der Waals surface area contributed by atoms with Gasteiger partial charge in [0, 0.05) is 16.1 Å². The highest BCUT2D eigenvalue weighted by Gasteiger charge is 2.34. The predicted octanol–water partition coefficient (Wildman–Crippen LogP) is 5.13. The molecule has 0 amide bonds. The number of cyclic esters (lactones) is 1. The van der Waals surface area contributed by atoms with Crippen molar-refractivity contribution in [2.24, 2.45) is 0 Å². The lowest BCUT2D eigenvalue weighted by atomic mass is 9.86. The minimum absolute atomic E-state index is 0.0442. The highest BCUT2D eigenvalue weighted by molar-refractivity contribution is 8.01. The first-order valence-electron chi connectivity index (χ1n) is 9.68. The second-order valence-electron chi connectivity index (χ2n) is 7.89. The van der Waals surface area contributed by atoms with Crippen LogP contribution >= 0.6 is 11.8 Å². The molecule has 1 saturated heterocycles. The molecule has 5 heteroatoms. The van der Waals surface area contributed by atoms with E-state index in [2.05, 4.69) is 26.0 Å². The lowest BCUT2D eigenvalue weighted by Gasteiger charge is -2.35. The molecule has 29 heavy (non-hydrogen) atoms. The Morgan fingerprint density at radius 1 is 1.17 bits per heavy atom. The van der Waals surface area contributed by atoms with Crippen molar-refractivity contribution < 1.29 is 19.0 Å². The van der Waals surface area contributed by atoms with Crippen LogP contribution in [0.15, 0.2) is 71.2 Å². The van der Waals surface area contributed by atoms with Crippen LogP contribution in [-0.4, -0.2) is 28.0 Å². The Bertz CT molecular complexity index is 991. The van der Waals surface area contributed by atoms with Gasteiger partial charge in [-0.2, -0.15) is 0 Å². The smallest absolute Gasteiger partial charge is 0.309 e. The number of ether oxygens (including phenoxy) is 1. The summed E-state index contributed by atoms with van der Waals surface area (Å²) in [6, 6.07) is 14.7. The summed E-state index contributed by atoms with van der Waals surface area (Å²) in [5.41, 5.74) is 4.16. The second-order valence-corrected chi connectivity index (χ2v) is 9.55. The van der Waals surface area contributed by atoms with Crippen LogP contribution < -0.4 is 0 Å². The van der Waals surface area contributed by atoms with Crippen molar-refractivity contribution in [3.63, 3.8) is 0 Å². The molecular formula is C24H23FO3S. The zero-order valence-electron chi connectivity index (χ0n) is 16.4. The first-order valence-corrected chi connectivity index (χ1v) is 10.5. The standard InChI is InChI=1S/C24H23FO3S/c1-24(2)20(12-11-18-13-17(26)14-22(27)28-18)23(15-7-9-16(25)10-8-15)19-5-3-4-6-21(19)29-24/h3-12,17-18,26H,13-14H2,1-2H3/t17-,18-/m0/s1. The van der Waals surface area contributed by atoms with Gasteiger partial charge in [-0.05, 0) is 60.4 Å². The van der Waals surface area contributed by atoms with Gasteiger partial charge in [0.25, 0.3) is 0 Å². The van der Waals surface area contributed by atoms with E-state index in [1.165, 1.54) is 17.0 Å². The van der Waals surface area contributed by atoms with Crippen molar-refractivity contribution >= 4 is 23.3 Å². The Balaban J connectivity index is 1.83. The molecule has 2 aliphatic rings. The highest BCUT2D eigenvalue weighted by atomic mass is 32.2. The zero-order chi connectivity index (χ0) is 20.6. The van der Waals surface area contributed by atoms with Gasteiger partial charge in [0.15, 0.2) is 0 Å². The van der Waals surface area contributed by atoms with E-state index in [0.717, 1.165) is 22.3 Å². The van der Waals surface area contributed by atoms with Gasteiger partial charge in [-0.15, -0.1) is 11.8 Å². The number of esters is 1. The summed E-state index contributed by atoms with van der Waals surface area (Å²) in [6.45, 7) is 4.30. The van der Waals surface area contributed by atoms with E-state index < -0.39 is 12.2 Å². The molecule has 2 heterocycles. The van der Waals surface area contributed by atoms with E-state index in [1.807, 2.05) is 24.3 Å². The summed E-state index contributed by atoms with van der Waals surface area (Å²) in [6.07, 6.45) is 3.17. The fourth-order valence-electron chi connectivity index (χ4n) is 3.88. The topological polar surface area (TPSA) is 46.5 Å². The molecule has 0 spiro atoms. The Morgan fingerprint density at radius 3 is 2.62 bits per heavy atom. The number of thioether (sulfide) groups is 1. The third-order valence-electron chi connectivity index (χ3n) is 5.24. The van der Waals surface area contributed by atoms with Crippen LogP contribution in [0, 0.1) is 5.82 Å². The second kappa shape index (κ2) is 7.81. The number of carbonyl (C=O) groups is 1. The third-order valence-corrected chi connectivity index (χ3v) is 6.55. The quantitative estimate of drug-likeness (QED) is 0.712. The SMILES string of the molecule is CC1(C)Sc2ccccc2C(c2ccc(F)cc2)=C1C=C[C@H]1C[C@H](O)CC(=O)O1. The number of fused-ring (bicyclic) bond motifs is 1. The fraction of sp³-hybridized carbons (Fsp3) is 0.292. The number of aliphatic hydroxyl groups excluding tert-OH is 1. The number of carbonyl (C=O) groups excluding carboxylic acids is 1. The summed E-state index contributed by atoms with van der Waals surface area (Å²) < 4.78 is 18.7. The number of hydrogen-bond acceptors (Lipinski definition) is 4. The van der Waals surface area contributed by atoms with Crippen LogP contribution in [0.2, 0.25) is 0 Å². The normalized spacial score (nSPS) is 23.8. The highest BCUT2D eigenvalue weighted by Crippen LogP contribution is 2.50. The zero-order valence-corrected chi connectivity index (χ0v) is 17.2. The third kappa shape index (κ3) is 4.16. The minimum Gasteiger partial charge on any atom is -0.458 e. The number of benzene rings is 2. The first-order chi connectivity index (χ1) is 13.8. The van der Waals surface area contributed by atoms with Crippen LogP contribution in [-0.2, 0) is 9.53 Å². The molecule has 0 unspecified atom stereocenters. The van der Waals surface area contributed by atoms with Gasteiger partial charge in [-0.1, -0.05) is 36.4 Å². The number of allylic oxidation sites excluding steroid dienone is 1. The molecular weight excluding hydrogens is 387 g/mol. The van der Waals surface area contributed by atoms with Crippen molar-refractivity contribution in [1.82, 2.24) is 0 Å². The fourth-order valence-corrected chi connectivity index (χ4v) is 5.14. The lowest BCUT2D eigenvalue weighted by molar-refractivity contribution is -0.156. The van der Waals surface area contributed by atoms with Crippen LogP contribution in [0.25, 0.3) is 5.57 Å². The van der Waals surface area contributed by atoms with Crippen molar-refractivity contribution in [3.05, 3.63) is 83.2 Å². The van der Waals surface area contributed by atoms with Gasteiger partial charge in [0.2, 0.25) is 0 Å². The maximum Gasteiger partial charge on any atom is 0.309 e. The lowest BCUT2D eigenvalue weighted by Crippen LogP contribution is -2.31. The average Bonchev–Trinajstić information content (AvgIpc) is 2.65. The van der Waals surface area contributed by atoms with Crippen molar-refractivity contribution in [2.45, 2.75) is 48.5 Å². The van der Waals surface area contributed by atoms with Crippen LogP contribution in [0.4, 0.5) is 4.39 Å². The van der Waals surface area contributed by atoms with E-state index in [0.29, 0.717) is 6.42 Å². The van der Waals surface area contributed by atoms with Gasteiger partial charge in [0.1, 0.15) is 11.9 Å². The van der Waals surface area contributed by atoms with Crippen molar-refractivity contribution in [2.75, 3.05) is 0 Å². The molecule has 0 aromatic heterocycles. The van der Waals surface area contributed by atoms with Crippen LogP contribution in [0.3, 0.4) is 0 Å². The molecule has 2 aliphatic heterocycles. The molecule has 0 radical (unpaired) electrons. The van der Waals surface area contributed by atoms with E-state index in [-0.39, 0.29) is 23.0 Å². The Hall–Kier alpha value is -2.37. The van der Waals surface area contributed by atoms with E-state index in [4.69, 9.17) is 4.74 Å². The largest absolute Gasteiger partial charge is 0.458 e. The van der Waals surface area contributed by atoms with Gasteiger partial charge < -0.3 is 9.84 Å². The molecule has 1 fully saturated rings. The molecule has 4 rings (SSSR count). The predicted molar refractivity (Wildman–Crippen MR) is 113 cm³/mol. The molecule has 2 atom stereocenters. The molecule has 0 saturated carbocycles. The Kier molecular flexibility index (Phi) is 5.36. The van der Waals surface area contributed by atoms with Crippen molar-refractivity contribution in [1.29, 1.82) is 0 Å².